The quantitative estimate of drug-likeness (QED) is 0.578. The zero-order valence-corrected chi connectivity index (χ0v) is 19.5. The fourth-order valence-electron chi connectivity index (χ4n) is 4.46. The third-order valence-corrected chi connectivity index (χ3v) is 6.24. The van der Waals surface area contributed by atoms with E-state index < -0.39 is 6.04 Å². The van der Waals surface area contributed by atoms with Crippen LogP contribution in [0.4, 0.5) is 11.4 Å². The van der Waals surface area contributed by atoms with Gasteiger partial charge < -0.3 is 21.3 Å². The SMILES string of the molecule is CC(NC(=O)CC1(CN)CCCCC1)C(=O)Nc1cccc(N2CCCC2)c1.Cl.Cl. The number of hydrogen-bond donors (Lipinski definition) is 3. The van der Waals surface area contributed by atoms with Crippen molar-refractivity contribution in [2.24, 2.45) is 11.1 Å². The summed E-state index contributed by atoms with van der Waals surface area (Å²) in [5.41, 5.74) is 7.79. The Morgan fingerprint density at radius 2 is 1.77 bits per heavy atom. The lowest BCUT2D eigenvalue weighted by Gasteiger charge is -2.35. The fourth-order valence-corrected chi connectivity index (χ4v) is 4.46. The molecular formula is C22H36Cl2N4O2. The van der Waals surface area contributed by atoms with E-state index in [1.165, 1.54) is 19.3 Å². The molecule has 1 aromatic rings. The molecule has 1 aromatic carbocycles. The van der Waals surface area contributed by atoms with E-state index in [0.717, 1.165) is 50.1 Å². The second kappa shape index (κ2) is 12.4. The van der Waals surface area contributed by atoms with Gasteiger partial charge in [0.25, 0.3) is 0 Å². The molecule has 2 amide bonds. The Morgan fingerprint density at radius 1 is 1.10 bits per heavy atom. The van der Waals surface area contributed by atoms with E-state index in [4.69, 9.17) is 5.73 Å². The van der Waals surface area contributed by atoms with Crippen LogP contribution in [0.15, 0.2) is 24.3 Å². The van der Waals surface area contributed by atoms with Crippen molar-refractivity contribution in [1.82, 2.24) is 5.32 Å². The number of nitrogens with two attached hydrogens (primary N) is 1. The maximum atomic E-state index is 12.6. The van der Waals surface area contributed by atoms with Gasteiger partial charge in [-0.15, -0.1) is 24.8 Å². The number of nitrogens with one attached hydrogen (secondary N) is 2. The summed E-state index contributed by atoms with van der Waals surface area (Å²) >= 11 is 0. The summed E-state index contributed by atoms with van der Waals surface area (Å²) in [5.74, 6) is -0.279. The van der Waals surface area contributed by atoms with Crippen LogP contribution in [0.2, 0.25) is 0 Å². The lowest BCUT2D eigenvalue weighted by atomic mass is 9.71. The number of anilines is 2. The van der Waals surface area contributed by atoms with E-state index in [1.54, 1.807) is 6.92 Å². The van der Waals surface area contributed by atoms with Crippen molar-refractivity contribution in [2.75, 3.05) is 29.9 Å². The fraction of sp³-hybridized carbons (Fsp3) is 0.636. The van der Waals surface area contributed by atoms with Gasteiger partial charge in [-0.3, -0.25) is 9.59 Å². The van der Waals surface area contributed by atoms with Crippen LogP contribution < -0.4 is 21.3 Å². The predicted octanol–water partition coefficient (Wildman–Crippen LogP) is 3.87. The van der Waals surface area contributed by atoms with Gasteiger partial charge in [-0.05, 0) is 62.8 Å². The van der Waals surface area contributed by atoms with E-state index in [2.05, 4.69) is 21.6 Å². The minimum Gasteiger partial charge on any atom is -0.371 e. The molecule has 0 aromatic heterocycles. The van der Waals surface area contributed by atoms with Crippen molar-refractivity contribution >= 4 is 48.0 Å². The Labute approximate surface area is 192 Å². The first-order valence-electron chi connectivity index (χ1n) is 10.7. The van der Waals surface area contributed by atoms with Crippen molar-refractivity contribution in [1.29, 1.82) is 0 Å². The van der Waals surface area contributed by atoms with Gasteiger partial charge in [0.1, 0.15) is 6.04 Å². The number of amides is 2. The van der Waals surface area contributed by atoms with Gasteiger partial charge in [0.05, 0.1) is 0 Å². The maximum absolute atomic E-state index is 12.6. The van der Waals surface area contributed by atoms with E-state index in [0.29, 0.717) is 13.0 Å². The Balaban J connectivity index is 0.00000225. The smallest absolute Gasteiger partial charge is 0.246 e. The summed E-state index contributed by atoms with van der Waals surface area (Å²) in [6.45, 7) is 4.39. The monoisotopic (exact) mass is 458 g/mol. The standard InChI is InChI=1S/C22H34N4O2.2ClH/c1-17(24-20(27)15-22(16-23)10-3-2-4-11-22)21(28)25-18-8-7-9-19(14-18)26-12-5-6-13-26;;/h7-9,14,17H,2-6,10-13,15-16,23H2,1H3,(H,24,27)(H,25,28);2*1H. The molecule has 0 spiro atoms. The zero-order chi connectivity index (χ0) is 20.0. The average molecular weight is 459 g/mol. The molecule has 1 aliphatic heterocycles. The molecule has 1 atom stereocenters. The molecular weight excluding hydrogens is 423 g/mol. The van der Waals surface area contributed by atoms with Crippen molar-refractivity contribution < 1.29 is 9.59 Å². The summed E-state index contributed by atoms with van der Waals surface area (Å²) in [7, 11) is 0. The molecule has 2 aliphatic rings. The highest BCUT2D eigenvalue weighted by Crippen LogP contribution is 2.38. The highest BCUT2D eigenvalue weighted by Gasteiger charge is 2.33. The first kappa shape index (κ1) is 26.5. The molecule has 1 aliphatic carbocycles. The topological polar surface area (TPSA) is 87.5 Å². The Kier molecular flexibility index (Phi) is 10.9. The summed E-state index contributed by atoms with van der Waals surface area (Å²) < 4.78 is 0. The van der Waals surface area contributed by atoms with Gasteiger partial charge in [0, 0.05) is 30.9 Å². The van der Waals surface area contributed by atoms with Crippen molar-refractivity contribution in [3.8, 4) is 0 Å². The molecule has 4 N–H and O–H groups in total. The van der Waals surface area contributed by atoms with Gasteiger partial charge in [-0.2, -0.15) is 0 Å². The summed E-state index contributed by atoms with van der Waals surface area (Å²) in [6, 6.07) is 7.34. The number of rotatable bonds is 7. The number of carbonyl (C=O) groups is 2. The third kappa shape index (κ3) is 7.03. The van der Waals surface area contributed by atoms with Crippen molar-refractivity contribution in [2.45, 2.75) is 64.3 Å². The average Bonchev–Trinajstić information content (AvgIpc) is 3.23. The van der Waals surface area contributed by atoms with E-state index in [1.807, 2.05) is 18.2 Å². The highest BCUT2D eigenvalue weighted by molar-refractivity contribution is 5.97. The second-order valence-corrected chi connectivity index (χ2v) is 8.46. The van der Waals surface area contributed by atoms with Crippen LogP contribution in [0.5, 0.6) is 0 Å². The first-order valence-corrected chi connectivity index (χ1v) is 10.7. The Morgan fingerprint density at radius 3 is 2.40 bits per heavy atom. The van der Waals surface area contributed by atoms with E-state index in [-0.39, 0.29) is 42.0 Å². The number of carbonyl (C=O) groups excluding carboxylic acids is 2. The lowest BCUT2D eigenvalue weighted by Crippen LogP contribution is -2.45. The van der Waals surface area contributed by atoms with Crippen LogP contribution >= 0.6 is 24.8 Å². The van der Waals surface area contributed by atoms with Crippen molar-refractivity contribution in [3.63, 3.8) is 0 Å². The molecule has 1 unspecified atom stereocenters. The van der Waals surface area contributed by atoms with E-state index >= 15 is 0 Å². The number of halogens is 2. The Hall–Kier alpha value is -1.50. The normalized spacial score (nSPS) is 18.5. The molecule has 0 radical (unpaired) electrons. The predicted molar refractivity (Wildman–Crippen MR) is 128 cm³/mol. The summed E-state index contributed by atoms with van der Waals surface area (Å²) in [5, 5.41) is 5.79. The number of nitrogens with zero attached hydrogens (tertiary/aromatic N) is 1. The molecule has 1 heterocycles. The lowest BCUT2D eigenvalue weighted by molar-refractivity contribution is -0.128. The highest BCUT2D eigenvalue weighted by atomic mass is 35.5. The number of hydrogen-bond acceptors (Lipinski definition) is 4. The molecule has 170 valence electrons. The number of benzene rings is 1. The van der Waals surface area contributed by atoms with Gasteiger partial charge >= 0.3 is 0 Å². The third-order valence-electron chi connectivity index (χ3n) is 6.24. The van der Waals surface area contributed by atoms with Crippen LogP contribution in [0.3, 0.4) is 0 Å². The molecule has 3 rings (SSSR count). The van der Waals surface area contributed by atoms with Crippen LogP contribution in [0.1, 0.15) is 58.3 Å². The maximum Gasteiger partial charge on any atom is 0.246 e. The first-order chi connectivity index (χ1) is 13.5. The van der Waals surface area contributed by atoms with Crippen LogP contribution in [-0.2, 0) is 9.59 Å². The summed E-state index contributed by atoms with van der Waals surface area (Å²) in [6.07, 6.45) is 8.32. The Bertz CT molecular complexity index is 689. The van der Waals surface area contributed by atoms with E-state index in [9.17, 15) is 9.59 Å². The molecule has 6 nitrogen and oxygen atoms in total. The van der Waals surface area contributed by atoms with Crippen LogP contribution in [0.25, 0.3) is 0 Å². The van der Waals surface area contributed by atoms with Gasteiger partial charge in [0.2, 0.25) is 11.8 Å². The van der Waals surface area contributed by atoms with Gasteiger partial charge in [0.15, 0.2) is 0 Å². The molecule has 1 saturated heterocycles. The molecule has 2 fully saturated rings. The van der Waals surface area contributed by atoms with Crippen LogP contribution in [0, 0.1) is 5.41 Å². The van der Waals surface area contributed by atoms with Gasteiger partial charge in [-0.25, -0.2) is 0 Å². The molecule has 8 heteroatoms. The second-order valence-electron chi connectivity index (χ2n) is 8.46. The molecule has 0 bridgehead atoms. The minimum atomic E-state index is -0.582. The largest absolute Gasteiger partial charge is 0.371 e. The zero-order valence-electron chi connectivity index (χ0n) is 17.8. The minimum absolute atomic E-state index is 0. The molecule has 1 saturated carbocycles. The van der Waals surface area contributed by atoms with Crippen molar-refractivity contribution in [3.05, 3.63) is 24.3 Å². The summed E-state index contributed by atoms with van der Waals surface area (Å²) in [4.78, 5) is 27.4. The molecule has 30 heavy (non-hydrogen) atoms. The van der Waals surface area contributed by atoms with Gasteiger partial charge in [-0.1, -0.05) is 25.3 Å². The van der Waals surface area contributed by atoms with Crippen LogP contribution in [-0.4, -0.2) is 37.5 Å².